The maximum Gasteiger partial charge on any atom is 0.235 e. The summed E-state index contributed by atoms with van der Waals surface area (Å²) in [6, 6.07) is 9.65. The van der Waals surface area contributed by atoms with Crippen molar-refractivity contribution in [2.24, 2.45) is 29.4 Å². The molecule has 2 unspecified atom stereocenters. The molecule has 5 rings (SSSR count). The molecule has 214 valence electrons. The maximum atomic E-state index is 14.1. The van der Waals surface area contributed by atoms with Gasteiger partial charge in [0.25, 0.3) is 0 Å². The van der Waals surface area contributed by atoms with Crippen LogP contribution in [0.4, 0.5) is 0 Å². The Balaban J connectivity index is 1.69. The number of aromatic hydroxyl groups is 1. The molecule has 41 heavy (non-hydrogen) atoms. The molecule has 6 atom stereocenters. The van der Waals surface area contributed by atoms with Crippen molar-refractivity contribution in [3.8, 4) is 16.9 Å². The zero-order valence-electron chi connectivity index (χ0n) is 22.8. The summed E-state index contributed by atoms with van der Waals surface area (Å²) in [4.78, 5) is 80.1. The number of rotatable bonds is 5. The number of phenols is 1. The molecule has 2 saturated carbocycles. The van der Waals surface area contributed by atoms with E-state index in [0.717, 1.165) is 5.56 Å². The average Bonchev–Trinajstić information content (AvgIpc) is 2.90. The highest BCUT2D eigenvalue weighted by Crippen LogP contribution is 2.52. The Kier molecular flexibility index (Phi) is 6.91. The van der Waals surface area contributed by atoms with E-state index in [0.29, 0.717) is 11.1 Å². The highest BCUT2D eigenvalue weighted by molar-refractivity contribution is 6.32. The van der Waals surface area contributed by atoms with E-state index < -0.39 is 70.1 Å². The first-order chi connectivity index (χ1) is 19.3. The summed E-state index contributed by atoms with van der Waals surface area (Å²) in [5.74, 6) is -11.4. The zero-order valence-corrected chi connectivity index (χ0v) is 22.8. The summed E-state index contributed by atoms with van der Waals surface area (Å²) in [5.41, 5.74) is 4.59. The van der Waals surface area contributed by atoms with Crippen LogP contribution in [-0.4, -0.2) is 75.8 Å². The van der Waals surface area contributed by atoms with Crippen LogP contribution in [0.5, 0.6) is 5.75 Å². The van der Waals surface area contributed by atoms with Gasteiger partial charge < -0.3 is 21.3 Å². The smallest absolute Gasteiger partial charge is 0.235 e. The van der Waals surface area contributed by atoms with Gasteiger partial charge in [-0.15, -0.1) is 0 Å². The second-order valence-electron chi connectivity index (χ2n) is 11.4. The monoisotopic (exact) mass is 561 g/mol. The number of Topliss-reactive ketones (excluding diaryl/α,β-unsaturated/α-hetero) is 4. The van der Waals surface area contributed by atoms with Gasteiger partial charge in [-0.25, -0.2) is 0 Å². The number of likely N-dealkylation sites (N-methyl/N-ethyl adjacent to an activating group) is 1. The molecule has 3 aliphatic carbocycles. The first-order valence-corrected chi connectivity index (χ1v) is 13.3. The average molecular weight is 562 g/mol. The Morgan fingerprint density at radius 1 is 1.10 bits per heavy atom. The number of phenolic OH excluding ortho intramolecular Hbond substituents is 1. The van der Waals surface area contributed by atoms with Gasteiger partial charge >= 0.3 is 0 Å². The number of hydrogen-bond donors (Lipinski definition) is 4. The summed E-state index contributed by atoms with van der Waals surface area (Å²) in [6.07, 6.45) is 0.108. The largest absolute Gasteiger partial charge is 0.507 e. The second kappa shape index (κ2) is 10.0. The number of benzene rings is 2. The molecule has 0 spiro atoms. The molecule has 0 aliphatic heterocycles. The summed E-state index contributed by atoms with van der Waals surface area (Å²) < 4.78 is 0. The first-order valence-electron chi connectivity index (χ1n) is 13.3. The molecule has 5 N–H and O–H groups in total. The van der Waals surface area contributed by atoms with Gasteiger partial charge in [-0.05, 0) is 55.6 Å². The third-order valence-corrected chi connectivity index (χ3v) is 8.75. The minimum absolute atomic E-state index is 0.0352. The Morgan fingerprint density at radius 3 is 2.34 bits per heavy atom. The molecule has 0 bridgehead atoms. The number of nitrogens with two attached hydrogens (primary N) is 1. The van der Waals surface area contributed by atoms with E-state index in [1.165, 1.54) is 25.9 Å². The van der Waals surface area contributed by atoms with E-state index in [1.807, 2.05) is 30.3 Å². The number of carbonyl (C=O) groups is 6. The molecule has 3 aliphatic rings. The number of hydrogen-bond acceptors (Lipinski definition) is 9. The molecule has 0 aromatic heterocycles. The van der Waals surface area contributed by atoms with Crippen molar-refractivity contribution in [3.05, 3.63) is 53.1 Å². The summed E-state index contributed by atoms with van der Waals surface area (Å²) in [5, 5.41) is 25.6. The van der Waals surface area contributed by atoms with Crippen molar-refractivity contribution in [2.75, 3.05) is 14.1 Å². The van der Waals surface area contributed by atoms with E-state index in [4.69, 9.17) is 5.73 Å². The topological polar surface area (TPSA) is 184 Å². The lowest BCUT2D eigenvalue weighted by molar-refractivity contribution is -0.181. The predicted molar refractivity (Wildman–Crippen MR) is 144 cm³/mol. The minimum atomic E-state index is -2.79. The molecule has 11 nitrogen and oxygen atoms in total. The van der Waals surface area contributed by atoms with Gasteiger partial charge in [0.15, 0.2) is 34.7 Å². The molecule has 0 saturated heterocycles. The van der Waals surface area contributed by atoms with Gasteiger partial charge in [-0.1, -0.05) is 30.3 Å². The van der Waals surface area contributed by atoms with E-state index in [9.17, 15) is 39.0 Å². The van der Waals surface area contributed by atoms with Crippen molar-refractivity contribution in [1.29, 1.82) is 0 Å². The van der Waals surface area contributed by atoms with Crippen molar-refractivity contribution < 1.29 is 39.0 Å². The number of ketones is 4. The molecule has 0 radical (unpaired) electrons. The third-order valence-electron chi connectivity index (χ3n) is 8.75. The first kappa shape index (κ1) is 28.3. The number of primary amides is 1. The molecule has 2 aromatic carbocycles. The van der Waals surface area contributed by atoms with Crippen LogP contribution >= 0.6 is 0 Å². The Morgan fingerprint density at radius 2 is 1.76 bits per heavy atom. The standard InChI is InChI=1S/C30H31N3O8/c1-13(34)32-12-16-10-17(14-7-5-4-6-8-14)18-9-15-11-19-23(33(2)3)26(37)22(29(31)40)28(39)30(19,41)27(38)20(15)25(36)21(18)24(16)35/h4-8,10,15,19-20,22-23,35,41H,9,11-12H2,1-3H3,(H2,31,40)(H,32,34)/t15-,19-,20?,22?,23-,30-/m1/s1. The molecule has 11 heteroatoms. The van der Waals surface area contributed by atoms with E-state index >= 15 is 0 Å². The number of fused-ring (bicyclic) bond motifs is 3. The number of carbonyl (C=O) groups excluding carboxylic acids is 6. The van der Waals surface area contributed by atoms with Crippen molar-refractivity contribution in [1.82, 2.24) is 10.2 Å². The Hall–Kier alpha value is -4.22. The van der Waals surface area contributed by atoms with E-state index in [-0.39, 0.29) is 36.4 Å². The van der Waals surface area contributed by atoms with Crippen LogP contribution in [0.1, 0.15) is 34.8 Å². The van der Waals surface area contributed by atoms with E-state index in [2.05, 4.69) is 5.32 Å². The molecule has 2 aromatic rings. The van der Waals surface area contributed by atoms with Crippen LogP contribution in [0.25, 0.3) is 11.1 Å². The highest BCUT2D eigenvalue weighted by Gasteiger charge is 2.69. The Bertz CT molecular complexity index is 1520. The van der Waals surface area contributed by atoms with Crippen molar-refractivity contribution in [2.45, 2.75) is 38.0 Å². The third kappa shape index (κ3) is 4.18. The fraction of sp³-hybridized carbons (Fsp3) is 0.400. The molecule has 0 heterocycles. The van der Waals surface area contributed by atoms with Crippen LogP contribution in [-0.2, 0) is 36.9 Å². The molecule has 2 fully saturated rings. The highest BCUT2D eigenvalue weighted by atomic mass is 16.3. The van der Waals surface area contributed by atoms with Gasteiger partial charge in [-0.3, -0.25) is 33.7 Å². The van der Waals surface area contributed by atoms with Crippen LogP contribution in [0, 0.1) is 23.7 Å². The number of amides is 2. The van der Waals surface area contributed by atoms with Gasteiger partial charge in [0.1, 0.15) is 5.75 Å². The van der Waals surface area contributed by atoms with Crippen LogP contribution in [0.3, 0.4) is 0 Å². The molecular formula is C30H31N3O8. The number of nitrogens with zero attached hydrogens (tertiary/aromatic N) is 1. The van der Waals surface area contributed by atoms with Gasteiger partial charge in [0, 0.05) is 24.9 Å². The molecule has 2 amide bonds. The fourth-order valence-corrected chi connectivity index (χ4v) is 6.96. The summed E-state index contributed by atoms with van der Waals surface area (Å²) in [6.45, 7) is 1.23. The van der Waals surface area contributed by atoms with Gasteiger partial charge in [-0.2, -0.15) is 0 Å². The fourth-order valence-electron chi connectivity index (χ4n) is 6.96. The lowest BCUT2D eigenvalue weighted by atomic mass is 9.52. The number of nitrogens with one attached hydrogen (secondary N) is 1. The Labute approximate surface area is 235 Å². The number of aliphatic hydroxyl groups is 1. The van der Waals surface area contributed by atoms with Crippen LogP contribution in [0.2, 0.25) is 0 Å². The zero-order chi connectivity index (χ0) is 30.0. The second-order valence-corrected chi connectivity index (χ2v) is 11.4. The maximum absolute atomic E-state index is 14.1. The van der Waals surface area contributed by atoms with Crippen molar-refractivity contribution >= 4 is 34.9 Å². The van der Waals surface area contributed by atoms with Gasteiger partial charge in [0.2, 0.25) is 11.8 Å². The van der Waals surface area contributed by atoms with Crippen LogP contribution < -0.4 is 11.1 Å². The SMILES string of the molecule is CC(=O)NCc1cc(-c2ccccc2)c2c(c1O)C(=O)C1C(=O)[C@@]3(O)C(=O)C(C(N)=O)C(=O)[C@H](N(C)C)[C@H]3C[C@H]1C2. The summed E-state index contributed by atoms with van der Waals surface area (Å²) >= 11 is 0. The summed E-state index contributed by atoms with van der Waals surface area (Å²) in [7, 11) is 3.08. The lowest BCUT2D eigenvalue weighted by Crippen LogP contribution is -2.74. The van der Waals surface area contributed by atoms with Crippen molar-refractivity contribution in [3.63, 3.8) is 0 Å². The minimum Gasteiger partial charge on any atom is -0.507 e. The molecular weight excluding hydrogens is 530 g/mol. The normalized spacial score (nSPS) is 29.0. The van der Waals surface area contributed by atoms with Gasteiger partial charge in [0.05, 0.1) is 17.5 Å². The quantitative estimate of drug-likeness (QED) is 0.370. The predicted octanol–water partition coefficient (Wildman–Crippen LogP) is 0.170. The lowest BCUT2D eigenvalue weighted by Gasteiger charge is -2.52. The van der Waals surface area contributed by atoms with Crippen LogP contribution in [0.15, 0.2) is 36.4 Å². The van der Waals surface area contributed by atoms with E-state index in [1.54, 1.807) is 6.07 Å².